The molecule has 1 aliphatic rings. The summed E-state index contributed by atoms with van der Waals surface area (Å²) >= 11 is 0. The maximum absolute atomic E-state index is 2.53. The summed E-state index contributed by atoms with van der Waals surface area (Å²) in [7, 11) is 0. The van der Waals surface area contributed by atoms with Crippen LogP contribution in [0.25, 0.3) is 0 Å². The van der Waals surface area contributed by atoms with Crippen molar-refractivity contribution < 1.29 is 0 Å². The Labute approximate surface area is 129 Å². The van der Waals surface area contributed by atoms with Crippen LogP contribution in [0.1, 0.15) is 89.0 Å². The van der Waals surface area contributed by atoms with E-state index in [4.69, 9.17) is 0 Å². The lowest BCUT2D eigenvalue weighted by Crippen LogP contribution is -2.65. The smallest absolute Gasteiger partial charge is 0.0195 e. The first-order valence-electron chi connectivity index (χ1n) is 8.69. The van der Waals surface area contributed by atoms with Crippen molar-refractivity contribution in [3.8, 4) is 0 Å². The molecule has 1 saturated carbocycles. The fourth-order valence-electron chi connectivity index (χ4n) is 4.98. The molecule has 1 rings (SSSR count). The Balaban J connectivity index is 2.83. The average molecular weight is 281 g/mol. The molecule has 0 bridgehead atoms. The molecule has 1 fully saturated rings. The summed E-state index contributed by atoms with van der Waals surface area (Å²) in [4.78, 5) is 0. The maximum atomic E-state index is 2.53. The minimum atomic E-state index is 0.389. The zero-order valence-electron chi connectivity index (χ0n) is 16.1. The van der Waals surface area contributed by atoms with Crippen LogP contribution < -0.4 is 0 Å². The van der Waals surface area contributed by atoms with Crippen LogP contribution in [0.2, 0.25) is 0 Å². The van der Waals surface area contributed by atoms with Crippen LogP contribution in [-0.4, -0.2) is 0 Å². The first-order chi connectivity index (χ1) is 8.69. The summed E-state index contributed by atoms with van der Waals surface area (Å²) in [6, 6.07) is 0. The second-order valence-corrected chi connectivity index (χ2v) is 10.3. The molecule has 0 aliphatic heterocycles. The zero-order chi connectivity index (χ0) is 16.1. The van der Waals surface area contributed by atoms with E-state index in [0.717, 1.165) is 17.8 Å². The zero-order valence-corrected chi connectivity index (χ0v) is 16.1. The summed E-state index contributed by atoms with van der Waals surface area (Å²) < 4.78 is 0. The Morgan fingerprint density at radius 3 is 1.70 bits per heavy atom. The molecule has 0 heterocycles. The Hall–Kier alpha value is 0. The molecule has 0 spiro atoms. The lowest BCUT2D eigenvalue weighted by molar-refractivity contribution is -0.232. The standard InChI is InChI=1S/C20H40/c1-14(2)18(7,8)13-12-16-15(3)20(11,17(4,5)6)19(16,9)10/h14-16H,12-13H2,1-11H3. The lowest BCUT2D eigenvalue weighted by Gasteiger charge is -2.71. The summed E-state index contributed by atoms with van der Waals surface area (Å²) in [6.45, 7) is 27.0. The average Bonchev–Trinajstić information content (AvgIpc) is 2.25. The van der Waals surface area contributed by atoms with Gasteiger partial charge in [0.1, 0.15) is 0 Å². The van der Waals surface area contributed by atoms with Crippen LogP contribution in [0.3, 0.4) is 0 Å². The predicted molar refractivity (Wildman–Crippen MR) is 91.9 cm³/mol. The molecular formula is C20H40. The van der Waals surface area contributed by atoms with Crippen molar-refractivity contribution in [1.82, 2.24) is 0 Å². The number of rotatable bonds is 4. The first-order valence-corrected chi connectivity index (χ1v) is 8.69. The molecule has 0 aromatic heterocycles. The van der Waals surface area contributed by atoms with E-state index in [0.29, 0.717) is 21.7 Å². The third-order valence-electron chi connectivity index (χ3n) is 8.00. The van der Waals surface area contributed by atoms with Gasteiger partial charge in [0.2, 0.25) is 0 Å². The summed E-state index contributed by atoms with van der Waals surface area (Å²) in [6.07, 6.45) is 2.76. The molecule has 0 amide bonds. The van der Waals surface area contributed by atoms with Gasteiger partial charge in [0.05, 0.1) is 0 Å². The lowest BCUT2D eigenvalue weighted by atomic mass is 9.33. The molecule has 1 aliphatic carbocycles. The van der Waals surface area contributed by atoms with Crippen LogP contribution in [0.15, 0.2) is 0 Å². The highest BCUT2D eigenvalue weighted by Crippen LogP contribution is 2.72. The molecule has 20 heavy (non-hydrogen) atoms. The van der Waals surface area contributed by atoms with E-state index in [1.807, 2.05) is 0 Å². The van der Waals surface area contributed by atoms with Gasteiger partial charge in [-0.05, 0) is 52.3 Å². The quantitative estimate of drug-likeness (QED) is 0.531. The summed E-state index contributed by atoms with van der Waals surface area (Å²) in [5.41, 5.74) is 1.77. The van der Waals surface area contributed by atoms with E-state index >= 15 is 0 Å². The van der Waals surface area contributed by atoms with Crippen LogP contribution in [0.5, 0.6) is 0 Å². The van der Waals surface area contributed by atoms with E-state index in [2.05, 4.69) is 76.2 Å². The largest absolute Gasteiger partial charge is 0.0623 e. The molecule has 0 nitrogen and oxygen atoms in total. The Morgan fingerprint density at radius 1 is 0.950 bits per heavy atom. The van der Waals surface area contributed by atoms with Gasteiger partial charge in [-0.3, -0.25) is 0 Å². The highest BCUT2D eigenvalue weighted by molar-refractivity contribution is 5.13. The monoisotopic (exact) mass is 280 g/mol. The van der Waals surface area contributed by atoms with Crippen molar-refractivity contribution in [3.63, 3.8) is 0 Å². The van der Waals surface area contributed by atoms with Gasteiger partial charge in [0.25, 0.3) is 0 Å². The van der Waals surface area contributed by atoms with Gasteiger partial charge in [0.15, 0.2) is 0 Å². The molecule has 3 atom stereocenters. The molecule has 0 aromatic carbocycles. The fraction of sp³-hybridized carbons (Fsp3) is 1.00. The van der Waals surface area contributed by atoms with Gasteiger partial charge < -0.3 is 0 Å². The maximum Gasteiger partial charge on any atom is -0.0195 e. The van der Waals surface area contributed by atoms with Gasteiger partial charge in [-0.2, -0.15) is 0 Å². The van der Waals surface area contributed by atoms with E-state index in [9.17, 15) is 0 Å². The minimum Gasteiger partial charge on any atom is -0.0623 e. The van der Waals surface area contributed by atoms with E-state index in [-0.39, 0.29) is 0 Å². The van der Waals surface area contributed by atoms with Crippen molar-refractivity contribution in [2.75, 3.05) is 0 Å². The second-order valence-electron chi connectivity index (χ2n) is 10.3. The van der Waals surface area contributed by atoms with Crippen LogP contribution >= 0.6 is 0 Å². The van der Waals surface area contributed by atoms with Crippen molar-refractivity contribution >= 4 is 0 Å². The van der Waals surface area contributed by atoms with Crippen molar-refractivity contribution in [2.24, 2.45) is 39.4 Å². The molecule has 0 N–H and O–H groups in total. The van der Waals surface area contributed by atoms with E-state index in [1.165, 1.54) is 12.8 Å². The highest BCUT2D eigenvalue weighted by Gasteiger charge is 2.65. The Morgan fingerprint density at radius 2 is 1.40 bits per heavy atom. The van der Waals surface area contributed by atoms with Crippen molar-refractivity contribution in [1.29, 1.82) is 0 Å². The van der Waals surface area contributed by atoms with Gasteiger partial charge in [-0.15, -0.1) is 0 Å². The van der Waals surface area contributed by atoms with Crippen molar-refractivity contribution in [3.05, 3.63) is 0 Å². The van der Waals surface area contributed by atoms with Crippen LogP contribution in [0, 0.1) is 39.4 Å². The van der Waals surface area contributed by atoms with Gasteiger partial charge >= 0.3 is 0 Å². The van der Waals surface area contributed by atoms with E-state index < -0.39 is 0 Å². The predicted octanol–water partition coefficient (Wildman–Crippen LogP) is 6.79. The van der Waals surface area contributed by atoms with E-state index in [1.54, 1.807) is 0 Å². The molecular weight excluding hydrogens is 240 g/mol. The van der Waals surface area contributed by atoms with Crippen LogP contribution in [0.4, 0.5) is 0 Å². The van der Waals surface area contributed by atoms with Gasteiger partial charge in [0, 0.05) is 0 Å². The molecule has 0 saturated heterocycles. The summed E-state index contributed by atoms with van der Waals surface area (Å²) in [5, 5.41) is 0. The minimum absolute atomic E-state index is 0.389. The third kappa shape index (κ3) is 2.46. The molecule has 0 aromatic rings. The Kier molecular flexibility index (Phi) is 4.54. The highest BCUT2D eigenvalue weighted by atomic mass is 14.7. The first kappa shape index (κ1) is 18.1. The molecule has 0 radical (unpaired) electrons. The molecule has 120 valence electrons. The third-order valence-corrected chi connectivity index (χ3v) is 8.00. The normalized spacial score (nSPS) is 34.2. The van der Waals surface area contributed by atoms with Gasteiger partial charge in [-0.25, -0.2) is 0 Å². The molecule has 3 unspecified atom stereocenters. The Bertz CT molecular complexity index is 340. The summed E-state index contributed by atoms with van der Waals surface area (Å²) in [5.74, 6) is 2.49. The number of hydrogen-bond donors (Lipinski definition) is 0. The van der Waals surface area contributed by atoms with Gasteiger partial charge in [-0.1, -0.05) is 76.2 Å². The number of hydrogen-bond acceptors (Lipinski definition) is 0. The fourth-order valence-corrected chi connectivity index (χ4v) is 4.98. The second kappa shape index (κ2) is 5.03. The SMILES string of the molecule is CC(C)C(C)(C)CCC1C(C)C(C)(C(C)(C)C)C1(C)C. The topological polar surface area (TPSA) is 0 Å². The van der Waals surface area contributed by atoms with Crippen LogP contribution in [-0.2, 0) is 0 Å². The van der Waals surface area contributed by atoms with Crippen molar-refractivity contribution in [2.45, 2.75) is 89.0 Å². The molecule has 0 heteroatoms.